The van der Waals surface area contributed by atoms with E-state index in [-0.39, 0.29) is 10.7 Å². The van der Waals surface area contributed by atoms with Crippen LogP contribution in [0.3, 0.4) is 0 Å². The van der Waals surface area contributed by atoms with Gasteiger partial charge in [0.1, 0.15) is 19.0 Å². The van der Waals surface area contributed by atoms with E-state index < -0.39 is 16.1 Å². The minimum Gasteiger partial charge on any atom is -0.486 e. The molecule has 0 amide bonds. The number of sulfonamides is 1. The van der Waals surface area contributed by atoms with E-state index in [4.69, 9.17) is 9.47 Å². The maximum absolute atomic E-state index is 12.9. The van der Waals surface area contributed by atoms with Gasteiger partial charge in [0.25, 0.3) is 0 Å². The fraction of sp³-hybridized carbons (Fsp3) is 0.250. The molecular weight excluding hydrogens is 321 g/mol. The molecular formula is C16H16FNO4S. The van der Waals surface area contributed by atoms with Gasteiger partial charge in [-0.1, -0.05) is 12.1 Å². The van der Waals surface area contributed by atoms with Gasteiger partial charge in [0.15, 0.2) is 11.5 Å². The minimum absolute atomic E-state index is 0.0933. The molecule has 0 radical (unpaired) electrons. The molecule has 0 saturated carbocycles. The molecule has 0 saturated heterocycles. The van der Waals surface area contributed by atoms with Crippen LogP contribution in [0, 0.1) is 5.82 Å². The number of benzene rings is 2. The number of fused-ring (bicyclic) bond motifs is 1. The maximum atomic E-state index is 12.9. The second-order valence-electron chi connectivity index (χ2n) is 5.20. The van der Waals surface area contributed by atoms with Crippen molar-refractivity contribution in [1.82, 2.24) is 4.72 Å². The molecule has 1 N–H and O–H groups in total. The van der Waals surface area contributed by atoms with Crippen molar-refractivity contribution in [2.75, 3.05) is 13.2 Å². The summed E-state index contributed by atoms with van der Waals surface area (Å²) in [4.78, 5) is 0.0933. The van der Waals surface area contributed by atoms with E-state index in [2.05, 4.69) is 4.72 Å². The van der Waals surface area contributed by atoms with Crippen molar-refractivity contribution in [2.24, 2.45) is 0 Å². The van der Waals surface area contributed by atoms with Crippen LogP contribution in [0.4, 0.5) is 4.39 Å². The highest BCUT2D eigenvalue weighted by atomic mass is 32.2. The van der Waals surface area contributed by atoms with Gasteiger partial charge in [-0.15, -0.1) is 0 Å². The van der Waals surface area contributed by atoms with Gasteiger partial charge in [0.05, 0.1) is 4.90 Å². The van der Waals surface area contributed by atoms with Crippen LogP contribution in [0.15, 0.2) is 47.4 Å². The van der Waals surface area contributed by atoms with E-state index in [1.165, 1.54) is 24.3 Å². The molecule has 0 unspecified atom stereocenters. The summed E-state index contributed by atoms with van der Waals surface area (Å²) < 4.78 is 51.3. The van der Waals surface area contributed by atoms with Crippen LogP contribution in [-0.4, -0.2) is 21.6 Å². The third-order valence-electron chi connectivity index (χ3n) is 3.53. The van der Waals surface area contributed by atoms with Crippen LogP contribution in [0.25, 0.3) is 0 Å². The molecule has 23 heavy (non-hydrogen) atoms. The average molecular weight is 337 g/mol. The Morgan fingerprint density at radius 1 is 1.04 bits per heavy atom. The predicted octanol–water partition coefficient (Wildman–Crippen LogP) is 2.64. The zero-order valence-corrected chi connectivity index (χ0v) is 13.3. The van der Waals surface area contributed by atoms with Gasteiger partial charge in [-0.3, -0.25) is 0 Å². The molecule has 7 heteroatoms. The molecule has 0 spiro atoms. The van der Waals surface area contributed by atoms with Gasteiger partial charge in [-0.2, -0.15) is 0 Å². The molecule has 1 aliphatic rings. The monoisotopic (exact) mass is 337 g/mol. The normalized spacial score (nSPS) is 15.2. The molecule has 1 atom stereocenters. The Balaban J connectivity index is 1.82. The van der Waals surface area contributed by atoms with Crippen molar-refractivity contribution in [3.63, 3.8) is 0 Å². The van der Waals surface area contributed by atoms with E-state index >= 15 is 0 Å². The molecule has 122 valence electrons. The Morgan fingerprint density at radius 3 is 2.39 bits per heavy atom. The van der Waals surface area contributed by atoms with Crippen molar-refractivity contribution in [2.45, 2.75) is 17.9 Å². The topological polar surface area (TPSA) is 64.6 Å². The van der Waals surface area contributed by atoms with Gasteiger partial charge in [0, 0.05) is 12.1 Å². The highest BCUT2D eigenvalue weighted by molar-refractivity contribution is 7.89. The summed E-state index contributed by atoms with van der Waals surface area (Å²) in [5.41, 5.74) is 0.674. The highest BCUT2D eigenvalue weighted by Gasteiger charge is 2.21. The number of halogens is 1. The number of hydrogen-bond donors (Lipinski definition) is 1. The van der Waals surface area contributed by atoms with E-state index in [1.54, 1.807) is 25.1 Å². The van der Waals surface area contributed by atoms with Gasteiger partial charge in [-0.25, -0.2) is 17.5 Å². The molecule has 2 aromatic carbocycles. The lowest BCUT2D eigenvalue weighted by Crippen LogP contribution is -2.27. The zero-order valence-electron chi connectivity index (χ0n) is 12.5. The molecule has 3 rings (SSSR count). The molecule has 2 aromatic rings. The highest BCUT2D eigenvalue weighted by Crippen LogP contribution is 2.32. The molecule has 0 fully saturated rings. The Kier molecular flexibility index (Phi) is 4.23. The number of nitrogens with one attached hydrogen (secondary N) is 1. The summed E-state index contributed by atoms with van der Waals surface area (Å²) in [7, 11) is -3.73. The molecule has 1 heterocycles. The van der Waals surface area contributed by atoms with Crippen LogP contribution in [0.2, 0.25) is 0 Å². The average Bonchev–Trinajstić information content (AvgIpc) is 2.54. The molecule has 1 aliphatic heterocycles. The van der Waals surface area contributed by atoms with Gasteiger partial charge in [0.2, 0.25) is 10.0 Å². The first-order valence-corrected chi connectivity index (χ1v) is 8.61. The summed E-state index contributed by atoms with van der Waals surface area (Å²) in [6.45, 7) is 2.53. The third-order valence-corrected chi connectivity index (χ3v) is 5.06. The smallest absolute Gasteiger partial charge is 0.241 e. The minimum atomic E-state index is -3.73. The maximum Gasteiger partial charge on any atom is 0.241 e. The Morgan fingerprint density at radius 2 is 1.70 bits per heavy atom. The molecule has 0 aliphatic carbocycles. The van der Waals surface area contributed by atoms with Gasteiger partial charge < -0.3 is 9.47 Å². The van der Waals surface area contributed by atoms with Crippen LogP contribution >= 0.6 is 0 Å². The summed E-state index contributed by atoms with van der Waals surface area (Å²) >= 11 is 0. The van der Waals surface area contributed by atoms with E-state index in [0.717, 1.165) is 0 Å². The SMILES string of the molecule is C[C@H](NS(=O)(=O)c1ccc2c(c1)OCCO2)c1ccc(F)cc1. The number of hydrogen-bond acceptors (Lipinski definition) is 4. The first kappa shape index (κ1) is 15.8. The fourth-order valence-electron chi connectivity index (χ4n) is 2.31. The number of rotatable bonds is 4. The first-order valence-electron chi connectivity index (χ1n) is 7.13. The van der Waals surface area contributed by atoms with Crippen LogP contribution in [0.5, 0.6) is 11.5 Å². The van der Waals surface area contributed by atoms with Gasteiger partial charge in [-0.05, 0) is 36.8 Å². The fourth-order valence-corrected chi connectivity index (χ4v) is 3.56. The van der Waals surface area contributed by atoms with Crippen molar-refractivity contribution in [3.05, 3.63) is 53.8 Å². The predicted molar refractivity (Wildman–Crippen MR) is 82.6 cm³/mol. The quantitative estimate of drug-likeness (QED) is 0.931. The lowest BCUT2D eigenvalue weighted by molar-refractivity contribution is 0.171. The molecule has 5 nitrogen and oxygen atoms in total. The van der Waals surface area contributed by atoms with Crippen molar-refractivity contribution >= 4 is 10.0 Å². The van der Waals surface area contributed by atoms with Crippen molar-refractivity contribution in [1.29, 1.82) is 0 Å². The number of ether oxygens (including phenoxy) is 2. The zero-order chi connectivity index (χ0) is 16.4. The van der Waals surface area contributed by atoms with E-state index in [1.807, 2.05) is 0 Å². The summed E-state index contributed by atoms with van der Waals surface area (Å²) in [6, 6.07) is 9.67. The van der Waals surface area contributed by atoms with Crippen LogP contribution < -0.4 is 14.2 Å². The van der Waals surface area contributed by atoms with Crippen LogP contribution in [-0.2, 0) is 10.0 Å². The summed E-state index contributed by atoms with van der Waals surface area (Å²) in [5, 5.41) is 0. The Bertz CT molecular complexity index is 805. The second-order valence-corrected chi connectivity index (χ2v) is 6.91. The van der Waals surface area contributed by atoms with Gasteiger partial charge >= 0.3 is 0 Å². The van der Waals surface area contributed by atoms with Crippen LogP contribution in [0.1, 0.15) is 18.5 Å². The van der Waals surface area contributed by atoms with Crippen molar-refractivity contribution in [3.8, 4) is 11.5 Å². The lowest BCUT2D eigenvalue weighted by Gasteiger charge is -2.20. The lowest BCUT2D eigenvalue weighted by atomic mass is 10.1. The largest absolute Gasteiger partial charge is 0.486 e. The summed E-state index contributed by atoms with van der Waals surface area (Å²) in [6.07, 6.45) is 0. The van der Waals surface area contributed by atoms with Crippen molar-refractivity contribution < 1.29 is 22.3 Å². The standard InChI is InChI=1S/C16H16FNO4S/c1-11(12-2-4-13(17)5-3-12)18-23(19,20)14-6-7-15-16(10-14)22-9-8-21-15/h2-7,10-11,18H,8-9H2,1H3/t11-/m0/s1. The molecule has 0 aromatic heterocycles. The van der Waals surface area contributed by atoms with E-state index in [9.17, 15) is 12.8 Å². The van der Waals surface area contributed by atoms with E-state index in [0.29, 0.717) is 30.3 Å². The first-order chi connectivity index (χ1) is 11.0. The Labute approximate surface area is 134 Å². The Hall–Kier alpha value is -2.12. The third kappa shape index (κ3) is 3.46. The second kappa shape index (κ2) is 6.17. The molecule has 0 bridgehead atoms. The summed E-state index contributed by atoms with van der Waals surface area (Å²) in [5.74, 6) is 0.575.